The van der Waals surface area contributed by atoms with E-state index in [1.165, 1.54) is 4.90 Å². The molecule has 0 bridgehead atoms. The van der Waals surface area contributed by atoms with Crippen molar-refractivity contribution in [3.8, 4) is 0 Å². The third-order valence-electron chi connectivity index (χ3n) is 3.31. The summed E-state index contributed by atoms with van der Waals surface area (Å²) < 4.78 is 13.4. The lowest BCUT2D eigenvalue weighted by atomic mass is 10.2. The topological polar surface area (TPSA) is 56.7 Å². The minimum Gasteiger partial charge on any atom is -0.394 e. The first-order valence-corrected chi connectivity index (χ1v) is 6.22. The van der Waals surface area contributed by atoms with Gasteiger partial charge >= 0.3 is 0 Å². The number of hydrogen-bond acceptors (Lipinski definition) is 4. The zero-order valence-electron chi connectivity index (χ0n) is 11.1. The summed E-state index contributed by atoms with van der Waals surface area (Å²) in [6, 6.07) is 3.01. The molecule has 2 atom stereocenters. The van der Waals surface area contributed by atoms with Crippen molar-refractivity contribution in [1.82, 2.24) is 9.88 Å². The van der Waals surface area contributed by atoms with Gasteiger partial charge in [0.2, 0.25) is 0 Å². The Balaban J connectivity index is 2.21. The molecule has 1 N–H and O–H groups in total. The lowest BCUT2D eigenvalue weighted by molar-refractivity contribution is 0.0667. The number of hydrogen-bond donors (Lipinski definition) is 1. The van der Waals surface area contributed by atoms with Crippen LogP contribution in [0.25, 0.3) is 0 Å². The molecule has 19 heavy (non-hydrogen) atoms. The Morgan fingerprint density at radius 1 is 1.63 bits per heavy atom. The SMILES string of the molecule is CN(C)c1ccnc(C(=O)N2C[C@@H](F)C[C@H]2CO)c1. The minimum absolute atomic E-state index is 0.0257. The maximum atomic E-state index is 13.4. The van der Waals surface area contributed by atoms with Crippen LogP contribution in [0.1, 0.15) is 16.9 Å². The summed E-state index contributed by atoms with van der Waals surface area (Å²) in [4.78, 5) is 19.6. The number of nitrogens with zero attached hydrogens (tertiary/aromatic N) is 3. The van der Waals surface area contributed by atoms with Crippen LogP contribution >= 0.6 is 0 Å². The Morgan fingerprint density at radius 2 is 2.37 bits per heavy atom. The van der Waals surface area contributed by atoms with Gasteiger partial charge in [0.05, 0.1) is 19.2 Å². The van der Waals surface area contributed by atoms with Crippen molar-refractivity contribution < 1.29 is 14.3 Å². The van der Waals surface area contributed by atoms with Gasteiger partial charge < -0.3 is 14.9 Å². The molecule has 0 spiro atoms. The third kappa shape index (κ3) is 2.84. The largest absolute Gasteiger partial charge is 0.394 e. The highest BCUT2D eigenvalue weighted by molar-refractivity contribution is 5.93. The van der Waals surface area contributed by atoms with Crippen LogP contribution in [0.4, 0.5) is 10.1 Å². The van der Waals surface area contributed by atoms with Gasteiger partial charge in [-0.15, -0.1) is 0 Å². The molecule has 6 heteroatoms. The Hall–Kier alpha value is -1.69. The van der Waals surface area contributed by atoms with Gasteiger partial charge in [0.15, 0.2) is 0 Å². The fourth-order valence-corrected chi connectivity index (χ4v) is 2.24. The first-order chi connectivity index (χ1) is 9.02. The number of pyridine rings is 1. The standard InChI is InChI=1S/C13H18FN3O2/c1-16(2)10-3-4-15-12(6-10)13(19)17-7-9(14)5-11(17)8-18/h3-4,6,9,11,18H,5,7-8H2,1-2H3/t9-,11-/m0/s1. The molecule has 0 aliphatic carbocycles. The van der Waals surface area contributed by atoms with E-state index in [-0.39, 0.29) is 31.2 Å². The van der Waals surface area contributed by atoms with Crippen LogP contribution in [0.5, 0.6) is 0 Å². The maximum Gasteiger partial charge on any atom is 0.272 e. The van der Waals surface area contributed by atoms with Crippen molar-refractivity contribution in [2.45, 2.75) is 18.6 Å². The van der Waals surface area contributed by atoms with Crippen molar-refractivity contribution in [3.63, 3.8) is 0 Å². The molecule has 0 radical (unpaired) electrons. The summed E-state index contributed by atoms with van der Waals surface area (Å²) in [5, 5.41) is 9.20. The van der Waals surface area contributed by atoms with Crippen molar-refractivity contribution in [2.75, 3.05) is 32.1 Å². The zero-order chi connectivity index (χ0) is 14.0. The van der Waals surface area contributed by atoms with E-state index in [0.717, 1.165) is 5.69 Å². The molecule has 0 aromatic carbocycles. The van der Waals surface area contributed by atoms with E-state index in [9.17, 15) is 14.3 Å². The van der Waals surface area contributed by atoms with Crippen LogP contribution in [0.15, 0.2) is 18.3 Å². The number of aliphatic hydroxyl groups is 1. The van der Waals surface area contributed by atoms with Crippen LogP contribution in [0.3, 0.4) is 0 Å². The van der Waals surface area contributed by atoms with Crippen LogP contribution < -0.4 is 4.90 Å². The molecule has 1 aliphatic rings. The van der Waals surface area contributed by atoms with E-state index in [4.69, 9.17) is 0 Å². The lowest BCUT2D eigenvalue weighted by Gasteiger charge is -2.22. The highest BCUT2D eigenvalue weighted by Crippen LogP contribution is 2.22. The van der Waals surface area contributed by atoms with Crippen molar-refractivity contribution in [2.24, 2.45) is 0 Å². The summed E-state index contributed by atoms with van der Waals surface area (Å²) in [5.74, 6) is -0.331. The third-order valence-corrected chi connectivity index (χ3v) is 3.31. The predicted molar refractivity (Wildman–Crippen MR) is 70.0 cm³/mol. The number of rotatable bonds is 3. The van der Waals surface area contributed by atoms with E-state index in [2.05, 4.69) is 4.98 Å². The smallest absolute Gasteiger partial charge is 0.272 e. The van der Waals surface area contributed by atoms with Crippen LogP contribution in [0, 0.1) is 0 Å². The number of carbonyl (C=O) groups is 1. The van der Waals surface area contributed by atoms with Crippen LogP contribution in [-0.4, -0.2) is 60.4 Å². The van der Waals surface area contributed by atoms with Gasteiger partial charge in [-0.25, -0.2) is 4.39 Å². The summed E-state index contributed by atoms with van der Waals surface area (Å²) >= 11 is 0. The number of amides is 1. The van der Waals surface area contributed by atoms with E-state index in [1.54, 1.807) is 18.3 Å². The molecule has 2 rings (SSSR count). The summed E-state index contributed by atoms with van der Waals surface area (Å²) in [5.41, 5.74) is 1.13. The average molecular weight is 267 g/mol. The van der Waals surface area contributed by atoms with E-state index < -0.39 is 12.2 Å². The molecule has 1 saturated heterocycles. The Kier molecular flexibility index (Phi) is 3.99. The Bertz CT molecular complexity index is 467. The molecule has 5 nitrogen and oxygen atoms in total. The molecule has 2 heterocycles. The molecule has 1 aromatic heterocycles. The van der Waals surface area contributed by atoms with Gasteiger partial charge in [0.25, 0.3) is 5.91 Å². The molecule has 1 aliphatic heterocycles. The quantitative estimate of drug-likeness (QED) is 0.875. The number of likely N-dealkylation sites (tertiary alicyclic amines) is 1. The predicted octanol–water partition coefficient (Wildman–Crippen LogP) is 0.692. The number of aliphatic hydroxyl groups excluding tert-OH is 1. The van der Waals surface area contributed by atoms with Crippen LogP contribution in [-0.2, 0) is 0 Å². The maximum absolute atomic E-state index is 13.4. The number of anilines is 1. The molecule has 0 unspecified atom stereocenters. The van der Waals surface area contributed by atoms with Crippen LogP contribution in [0.2, 0.25) is 0 Å². The van der Waals surface area contributed by atoms with Crippen molar-refractivity contribution in [1.29, 1.82) is 0 Å². The molecular weight excluding hydrogens is 249 g/mol. The molecule has 104 valence electrons. The fraction of sp³-hybridized carbons (Fsp3) is 0.538. The molecule has 0 saturated carbocycles. The van der Waals surface area contributed by atoms with Gasteiger partial charge in [-0.2, -0.15) is 0 Å². The monoisotopic (exact) mass is 267 g/mol. The first-order valence-electron chi connectivity index (χ1n) is 6.22. The molecule has 1 aromatic rings. The zero-order valence-corrected chi connectivity index (χ0v) is 11.1. The fourth-order valence-electron chi connectivity index (χ4n) is 2.24. The normalized spacial score (nSPS) is 22.6. The Labute approximate surface area is 111 Å². The lowest BCUT2D eigenvalue weighted by Crippen LogP contribution is -2.38. The van der Waals surface area contributed by atoms with Gasteiger partial charge in [-0.05, 0) is 12.1 Å². The number of alkyl halides is 1. The second-order valence-corrected chi connectivity index (χ2v) is 4.92. The van der Waals surface area contributed by atoms with Gasteiger partial charge in [-0.1, -0.05) is 0 Å². The first kappa shape index (κ1) is 13.7. The minimum atomic E-state index is -1.07. The molecule has 1 amide bonds. The molecule has 1 fully saturated rings. The Morgan fingerprint density at radius 3 is 3.00 bits per heavy atom. The highest BCUT2D eigenvalue weighted by Gasteiger charge is 2.35. The summed E-state index contributed by atoms with van der Waals surface area (Å²) in [6.07, 6.45) is 0.674. The van der Waals surface area contributed by atoms with Gasteiger partial charge in [0.1, 0.15) is 11.9 Å². The molecular formula is C13H18FN3O2. The summed E-state index contributed by atoms with van der Waals surface area (Å²) in [7, 11) is 3.74. The number of halogens is 1. The average Bonchev–Trinajstić information content (AvgIpc) is 2.79. The second-order valence-electron chi connectivity index (χ2n) is 4.92. The van der Waals surface area contributed by atoms with E-state index in [1.807, 2.05) is 19.0 Å². The van der Waals surface area contributed by atoms with Crippen molar-refractivity contribution >= 4 is 11.6 Å². The highest BCUT2D eigenvalue weighted by atomic mass is 19.1. The number of carbonyl (C=O) groups excluding carboxylic acids is 1. The second kappa shape index (κ2) is 5.52. The summed E-state index contributed by atoms with van der Waals surface area (Å²) in [6.45, 7) is -0.197. The van der Waals surface area contributed by atoms with E-state index >= 15 is 0 Å². The van der Waals surface area contributed by atoms with Crippen molar-refractivity contribution in [3.05, 3.63) is 24.0 Å². The number of aromatic nitrogens is 1. The van der Waals surface area contributed by atoms with E-state index in [0.29, 0.717) is 0 Å². The van der Waals surface area contributed by atoms with Gasteiger partial charge in [0, 0.05) is 32.4 Å². The van der Waals surface area contributed by atoms with Gasteiger partial charge in [-0.3, -0.25) is 9.78 Å².